The number of rotatable bonds is 7. The first-order valence-electron chi connectivity index (χ1n) is 9.50. The monoisotopic (exact) mass is 392 g/mol. The Hall–Kier alpha value is -2.86. The van der Waals surface area contributed by atoms with Crippen LogP contribution in [0.1, 0.15) is 43.7 Å². The van der Waals surface area contributed by atoms with Crippen molar-refractivity contribution < 1.29 is 4.79 Å². The topological polar surface area (TPSA) is 62.7 Å². The van der Waals surface area contributed by atoms with E-state index in [1.54, 1.807) is 11.3 Å². The number of fused-ring (bicyclic) bond motifs is 1. The van der Waals surface area contributed by atoms with Gasteiger partial charge in [-0.3, -0.25) is 4.79 Å². The van der Waals surface area contributed by atoms with Crippen LogP contribution in [-0.2, 0) is 4.79 Å². The van der Waals surface area contributed by atoms with E-state index in [1.165, 1.54) is 0 Å². The minimum atomic E-state index is -0.160. The minimum Gasteiger partial charge on any atom is -0.346 e. The summed E-state index contributed by atoms with van der Waals surface area (Å²) in [5.74, 6) is 1.04. The Labute approximate surface area is 168 Å². The molecule has 144 valence electrons. The predicted molar refractivity (Wildman–Crippen MR) is 113 cm³/mol. The molecule has 28 heavy (non-hydrogen) atoms. The molecule has 0 radical (unpaired) electrons. The molecule has 1 amide bonds. The predicted octanol–water partition coefficient (Wildman–Crippen LogP) is 4.92. The smallest absolute Gasteiger partial charge is 0.223 e. The number of amides is 1. The zero-order valence-electron chi connectivity index (χ0n) is 16.0. The van der Waals surface area contributed by atoms with Crippen LogP contribution >= 0.6 is 11.3 Å². The molecule has 0 saturated heterocycles. The van der Waals surface area contributed by atoms with Gasteiger partial charge in [-0.1, -0.05) is 26.0 Å². The molecule has 2 N–H and O–H groups in total. The molecule has 0 spiro atoms. The van der Waals surface area contributed by atoms with Gasteiger partial charge in [0.1, 0.15) is 5.82 Å². The molecular formula is C22H24N4OS. The Balaban J connectivity index is 1.54. The van der Waals surface area contributed by atoms with E-state index < -0.39 is 0 Å². The summed E-state index contributed by atoms with van der Waals surface area (Å²) in [4.78, 5) is 21.0. The van der Waals surface area contributed by atoms with Crippen molar-refractivity contribution in [2.45, 2.75) is 32.4 Å². The van der Waals surface area contributed by atoms with Gasteiger partial charge < -0.3 is 14.9 Å². The van der Waals surface area contributed by atoms with Crippen molar-refractivity contribution in [3.8, 4) is 0 Å². The van der Waals surface area contributed by atoms with Crippen molar-refractivity contribution in [3.63, 3.8) is 0 Å². The highest BCUT2D eigenvalue weighted by atomic mass is 32.1. The molecular weight excluding hydrogens is 368 g/mol. The highest BCUT2D eigenvalue weighted by Gasteiger charge is 2.24. The van der Waals surface area contributed by atoms with Gasteiger partial charge in [0.2, 0.25) is 5.91 Å². The molecule has 0 unspecified atom stereocenters. The van der Waals surface area contributed by atoms with Crippen LogP contribution in [-0.4, -0.2) is 20.4 Å². The first-order chi connectivity index (χ1) is 13.6. The average molecular weight is 393 g/mol. The summed E-state index contributed by atoms with van der Waals surface area (Å²) in [6.07, 6.45) is 4.40. The summed E-state index contributed by atoms with van der Waals surface area (Å²) < 4.78 is 2.09. The molecule has 0 saturated carbocycles. The van der Waals surface area contributed by atoms with Crippen LogP contribution < -0.4 is 5.32 Å². The lowest BCUT2D eigenvalue weighted by molar-refractivity contribution is -0.122. The van der Waals surface area contributed by atoms with Gasteiger partial charge in [-0.05, 0) is 52.6 Å². The Bertz CT molecular complexity index is 967. The first-order valence-corrected chi connectivity index (χ1v) is 10.4. The molecule has 2 atom stereocenters. The van der Waals surface area contributed by atoms with E-state index in [-0.39, 0.29) is 23.9 Å². The number of carbonyl (C=O) groups excluding carboxylic acids is 1. The number of nitrogens with zero attached hydrogens (tertiary/aromatic N) is 2. The van der Waals surface area contributed by atoms with Crippen LogP contribution in [0.3, 0.4) is 0 Å². The Kier molecular flexibility index (Phi) is 5.30. The maximum absolute atomic E-state index is 13.0. The lowest BCUT2D eigenvalue weighted by atomic mass is 10.0. The summed E-state index contributed by atoms with van der Waals surface area (Å²) >= 11 is 1.65. The molecule has 4 aromatic rings. The zero-order valence-corrected chi connectivity index (χ0v) is 16.8. The van der Waals surface area contributed by atoms with Gasteiger partial charge in [-0.25, -0.2) is 4.98 Å². The molecule has 3 heterocycles. The lowest BCUT2D eigenvalue weighted by Gasteiger charge is -2.23. The number of nitrogens with one attached hydrogen (secondary N) is 2. The number of thiophene rings is 1. The van der Waals surface area contributed by atoms with Crippen LogP contribution in [0.25, 0.3) is 11.0 Å². The number of para-hydroxylation sites is 2. The molecule has 3 aromatic heterocycles. The number of imidazole rings is 1. The van der Waals surface area contributed by atoms with Crippen molar-refractivity contribution in [2.75, 3.05) is 0 Å². The van der Waals surface area contributed by atoms with Crippen LogP contribution in [0.4, 0.5) is 0 Å². The van der Waals surface area contributed by atoms with E-state index in [0.717, 1.165) is 22.4 Å². The molecule has 1 aromatic carbocycles. The van der Waals surface area contributed by atoms with Crippen molar-refractivity contribution in [1.29, 1.82) is 0 Å². The summed E-state index contributed by atoms with van der Waals surface area (Å²) in [5.41, 5.74) is 3.06. The fourth-order valence-corrected chi connectivity index (χ4v) is 4.20. The molecule has 0 fully saturated rings. The normalized spacial score (nSPS) is 13.7. The fourth-order valence-electron chi connectivity index (χ4n) is 3.49. The van der Waals surface area contributed by atoms with Crippen molar-refractivity contribution in [1.82, 2.24) is 19.9 Å². The van der Waals surface area contributed by atoms with E-state index in [9.17, 15) is 4.79 Å². The average Bonchev–Trinajstić information content (AvgIpc) is 3.45. The van der Waals surface area contributed by atoms with E-state index in [2.05, 4.69) is 45.5 Å². The van der Waals surface area contributed by atoms with E-state index in [0.29, 0.717) is 6.42 Å². The maximum atomic E-state index is 13.0. The number of H-pyrrole nitrogens is 1. The van der Waals surface area contributed by atoms with Gasteiger partial charge in [0.05, 0.1) is 29.5 Å². The molecule has 4 rings (SSSR count). The SMILES string of the molecule is CC(C)[C@@H](NC(=O)C[C@H](c1ccsc1)n1cccc1)c1nc2ccccc2[nH]1. The second-order valence-electron chi connectivity index (χ2n) is 7.34. The van der Waals surface area contributed by atoms with Crippen molar-refractivity contribution >= 4 is 28.3 Å². The highest BCUT2D eigenvalue weighted by molar-refractivity contribution is 7.08. The maximum Gasteiger partial charge on any atom is 0.223 e. The largest absolute Gasteiger partial charge is 0.346 e. The Morgan fingerprint density at radius 2 is 1.96 bits per heavy atom. The second kappa shape index (κ2) is 8.02. The Morgan fingerprint density at radius 1 is 1.18 bits per heavy atom. The van der Waals surface area contributed by atoms with Gasteiger partial charge in [0.15, 0.2) is 0 Å². The fraction of sp³-hybridized carbons (Fsp3) is 0.273. The third kappa shape index (κ3) is 3.87. The lowest BCUT2D eigenvalue weighted by Crippen LogP contribution is -2.34. The summed E-state index contributed by atoms with van der Waals surface area (Å²) in [7, 11) is 0. The third-order valence-electron chi connectivity index (χ3n) is 4.98. The van der Waals surface area contributed by atoms with E-state index in [1.807, 2.05) is 48.8 Å². The molecule has 5 nitrogen and oxygen atoms in total. The van der Waals surface area contributed by atoms with Crippen molar-refractivity contribution in [3.05, 3.63) is 77.0 Å². The second-order valence-corrected chi connectivity index (χ2v) is 8.12. The standard InChI is InChI=1S/C22H24N4OS/c1-15(2)21(22-23-17-7-3-4-8-18(17)24-22)25-20(27)13-19(16-9-12-28-14-16)26-10-5-6-11-26/h3-12,14-15,19,21H,13H2,1-2H3,(H,23,24)(H,25,27)/t19-,21-/m1/s1. The number of aromatic nitrogens is 3. The van der Waals surface area contributed by atoms with Crippen LogP contribution in [0.5, 0.6) is 0 Å². The molecule has 0 aliphatic rings. The summed E-state index contributed by atoms with van der Waals surface area (Å²) in [5, 5.41) is 7.36. The molecule has 0 aliphatic carbocycles. The number of aromatic amines is 1. The van der Waals surface area contributed by atoms with E-state index >= 15 is 0 Å². The van der Waals surface area contributed by atoms with Gasteiger partial charge >= 0.3 is 0 Å². The summed E-state index contributed by atoms with van der Waals surface area (Å²) in [6, 6.07) is 13.8. The minimum absolute atomic E-state index is 0.00950. The molecule has 6 heteroatoms. The van der Waals surface area contributed by atoms with Gasteiger partial charge in [0.25, 0.3) is 0 Å². The quantitative estimate of drug-likeness (QED) is 0.469. The Morgan fingerprint density at radius 3 is 2.64 bits per heavy atom. The van der Waals surface area contributed by atoms with Crippen LogP contribution in [0, 0.1) is 5.92 Å². The van der Waals surface area contributed by atoms with Gasteiger partial charge in [-0.2, -0.15) is 11.3 Å². The third-order valence-corrected chi connectivity index (χ3v) is 5.68. The number of hydrogen-bond acceptors (Lipinski definition) is 3. The first kappa shape index (κ1) is 18.5. The van der Waals surface area contributed by atoms with Crippen molar-refractivity contribution in [2.24, 2.45) is 5.92 Å². The number of hydrogen-bond donors (Lipinski definition) is 2. The molecule has 0 aliphatic heterocycles. The number of benzene rings is 1. The highest BCUT2D eigenvalue weighted by Crippen LogP contribution is 2.26. The van der Waals surface area contributed by atoms with Gasteiger partial charge in [-0.15, -0.1) is 0 Å². The zero-order chi connectivity index (χ0) is 19.5. The number of carbonyl (C=O) groups is 1. The van der Waals surface area contributed by atoms with Crippen LogP contribution in [0.15, 0.2) is 65.6 Å². The van der Waals surface area contributed by atoms with Crippen LogP contribution in [0.2, 0.25) is 0 Å². The van der Waals surface area contributed by atoms with Gasteiger partial charge in [0, 0.05) is 12.4 Å². The molecule has 0 bridgehead atoms. The van der Waals surface area contributed by atoms with E-state index in [4.69, 9.17) is 4.98 Å². The summed E-state index contributed by atoms with van der Waals surface area (Å²) in [6.45, 7) is 4.20.